The van der Waals surface area contributed by atoms with Gasteiger partial charge in [0, 0.05) is 5.71 Å². The Morgan fingerprint density at radius 3 is 1.96 bits per heavy atom. The molecule has 1 saturated carbocycles. The highest BCUT2D eigenvalue weighted by Gasteiger charge is 2.40. The Hall–Kier alpha value is -2.46. The lowest BCUT2D eigenvalue weighted by atomic mass is 9.85. The van der Waals surface area contributed by atoms with Crippen molar-refractivity contribution in [3.63, 3.8) is 0 Å². The number of hydrogen-bond donors (Lipinski definition) is 2. The Bertz CT molecular complexity index is 667. The maximum atomic E-state index is 12.7. The lowest BCUT2D eigenvalue weighted by Crippen LogP contribution is -2.43. The first-order valence-electron chi connectivity index (χ1n) is 7.80. The Kier molecular flexibility index (Phi) is 4.26. The first-order chi connectivity index (χ1) is 11.1. The Morgan fingerprint density at radius 2 is 1.52 bits per heavy atom. The van der Waals surface area contributed by atoms with E-state index in [1.54, 1.807) is 48.5 Å². The Balaban J connectivity index is 1.95. The number of nitrogens with one attached hydrogen (secondary N) is 1. The Morgan fingerprint density at radius 1 is 1.04 bits per heavy atom. The van der Waals surface area contributed by atoms with E-state index in [4.69, 9.17) is 0 Å². The molecule has 118 valence electrons. The zero-order chi connectivity index (χ0) is 16.3. The normalized spacial score (nSPS) is 15.3. The molecule has 1 fully saturated rings. The summed E-state index contributed by atoms with van der Waals surface area (Å²) in [5.74, 6) is -0.0771. The van der Waals surface area contributed by atoms with Crippen molar-refractivity contribution in [2.45, 2.75) is 25.4 Å². The predicted molar refractivity (Wildman–Crippen MR) is 89.9 cm³/mol. The number of rotatable bonds is 5. The monoisotopic (exact) mass is 308 g/mol. The molecule has 0 aliphatic heterocycles. The average molecular weight is 308 g/mol. The second-order valence-corrected chi connectivity index (χ2v) is 5.91. The molecule has 0 radical (unpaired) electrons. The summed E-state index contributed by atoms with van der Waals surface area (Å²) >= 11 is 0. The zero-order valence-corrected chi connectivity index (χ0v) is 13.1. The van der Waals surface area contributed by atoms with Gasteiger partial charge in [0.15, 0.2) is 5.60 Å². The van der Waals surface area contributed by atoms with Crippen LogP contribution in [0.1, 0.15) is 30.9 Å². The maximum Gasteiger partial charge on any atom is 0.281 e. The molecule has 1 aliphatic carbocycles. The molecule has 4 nitrogen and oxygen atoms in total. The van der Waals surface area contributed by atoms with Crippen molar-refractivity contribution < 1.29 is 9.90 Å². The van der Waals surface area contributed by atoms with Crippen LogP contribution < -0.4 is 5.43 Å². The molecule has 0 atom stereocenters. The molecular formula is C19H20N2O2. The van der Waals surface area contributed by atoms with E-state index in [0.29, 0.717) is 17.0 Å². The summed E-state index contributed by atoms with van der Waals surface area (Å²) in [5.41, 5.74) is 2.71. The first kappa shape index (κ1) is 15.4. The van der Waals surface area contributed by atoms with E-state index in [1.807, 2.05) is 19.1 Å². The average Bonchev–Trinajstić information content (AvgIpc) is 3.45. The van der Waals surface area contributed by atoms with Crippen LogP contribution in [0.4, 0.5) is 0 Å². The zero-order valence-electron chi connectivity index (χ0n) is 13.1. The summed E-state index contributed by atoms with van der Waals surface area (Å²) in [5, 5.41) is 15.4. The van der Waals surface area contributed by atoms with Crippen molar-refractivity contribution in [2.75, 3.05) is 0 Å². The SMILES string of the molecule is CC(=NNC(=O)C(O)(c1ccccc1)c1ccccc1)C1CC1. The smallest absolute Gasteiger partial charge is 0.281 e. The molecule has 0 spiro atoms. The quantitative estimate of drug-likeness (QED) is 0.659. The van der Waals surface area contributed by atoms with Gasteiger partial charge in [-0.05, 0) is 36.8 Å². The third kappa shape index (κ3) is 3.17. The highest BCUT2D eigenvalue weighted by atomic mass is 16.3. The standard InChI is InChI=1S/C19H20N2O2/c1-14(15-12-13-15)20-21-18(22)19(23,16-8-4-2-5-9-16)17-10-6-3-7-11-17/h2-11,15,23H,12-13H2,1H3,(H,21,22). The summed E-state index contributed by atoms with van der Waals surface area (Å²) in [7, 11) is 0. The fourth-order valence-corrected chi connectivity index (χ4v) is 2.60. The van der Waals surface area contributed by atoms with Crippen molar-refractivity contribution >= 4 is 11.6 Å². The second-order valence-electron chi connectivity index (χ2n) is 5.91. The summed E-state index contributed by atoms with van der Waals surface area (Å²) in [6.45, 7) is 1.90. The van der Waals surface area contributed by atoms with Crippen LogP contribution in [0.3, 0.4) is 0 Å². The van der Waals surface area contributed by atoms with Crippen molar-refractivity contribution in [3.8, 4) is 0 Å². The van der Waals surface area contributed by atoms with E-state index in [0.717, 1.165) is 18.6 Å². The van der Waals surface area contributed by atoms with E-state index in [2.05, 4.69) is 10.5 Å². The topological polar surface area (TPSA) is 61.7 Å². The molecule has 0 bridgehead atoms. The van der Waals surface area contributed by atoms with Crippen molar-refractivity contribution in [2.24, 2.45) is 11.0 Å². The number of nitrogens with zero attached hydrogens (tertiary/aromatic N) is 1. The predicted octanol–water partition coefficient (Wildman–Crippen LogP) is 2.82. The van der Waals surface area contributed by atoms with Crippen molar-refractivity contribution in [1.29, 1.82) is 0 Å². The fourth-order valence-electron chi connectivity index (χ4n) is 2.60. The minimum Gasteiger partial charge on any atom is -0.372 e. The van der Waals surface area contributed by atoms with E-state index < -0.39 is 11.5 Å². The van der Waals surface area contributed by atoms with Crippen LogP contribution in [-0.2, 0) is 10.4 Å². The van der Waals surface area contributed by atoms with Crippen LogP contribution in [0.5, 0.6) is 0 Å². The van der Waals surface area contributed by atoms with Crippen LogP contribution >= 0.6 is 0 Å². The van der Waals surface area contributed by atoms with Gasteiger partial charge in [-0.15, -0.1) is 0 Å². The molecule has 0 aromatic heterocycles. The highest BCUT2D eigenvalue weighted by molar-refractivity contribution is 5.92. The van der Waals surface area contributed by atoms with Crippen LogP contribution in [0.25, 0.3) is 0 Å². The molecule has 2 aromatic rings. The fraction of sp³-hybridized carbons (Fsp3) is 0.263. The molecular weight excluding hydrogens is 288 g/mol. The molecule has 23 heavy (non-hydrogen) atoms. The van der Waals surface area contributed by atoms with Crippen LogP contribution in [0.2, 0.25) is 0 Å². The van der Waals surface area contributed by atoms with E-state index in [9.17, 15) is 9.90 Å². The van der Waals surface area contributed by atoms with Gasteiger partial charge in [-0.1, -0.05) is 60.7 Å². The molecule has 2 aromatic carbocycles. The number of benzene rings is 2. The summed E-state index contributed by atoms with van der Waals surface area (Å²) < 4.78 is 0. The van der Waals surface area contributed by atoms with E-state index in [-0.39, 0.29) is 0 Å². The van der Waals surface area contributed by atoms with Gasteiger partial charge >= 0.3 is 0 Å². The summed E-state index contributed by atoms with van der Waals surface area (Å²) in [4.78, 5) is 12.7. The molecule has 1 amide bonds. The molecule has 0 heterocycles. The minimum absolute atomic E-state index is 0.469. The number of hydrogen-bond acceptors (Lipinski definition) is 3. The summed E-state index contributed by atoms with van der Waals surface area (Å²) in [6.07, 6.45) is 2.24. The van der Waals surface area contributed by atoms with Gasteiger partial charge in [-0.25, -0.2) is 5.43 Å². The van der Waals surface area contributed by atoms with E-state index >= 15 is 0 Å². The number of amides is 1. The number of aliphatic hydroxyl groups is 1. The molecule has 1 aliphatic rings. The van der Waals surface area contributed by atoms with Crippen molar-refractivity contribution in [1.82, 2.24) is 5.43 Å². The number of hydrazone groups is 1. The van der Waals surface area contributed by atoms with Gasteiger partial charge in [-0.2, -0.15) is 5.10 Å². The Labute approximate surface area is 135 Å². The lowest BCUT2D eigenvalue weighted by Gasteiger charge is -2.27. The van der Waals surface area contributed by atoms with E-state index in [1.165, 1.54) is 0 Å². The van der Waals surface area contributed by atoms with Crippen LogP contribution in [0.15, 0.2) is 65.8 Å². The van der Waals surface area contributed by atoms with Crippen LogP contribution in [-0.4, -0.2) is 16.7 Å². The molecule has 2 N–H and O–H groups in total. The molecule has 4 heteroatoms. The number of carbonyl (C=O) groups is 1. The lowest BCUT2D eigenvalue weighted by molar-refractivity contribution is -0.136. The molecule has 0 saturated heterocycles. The molecule has 3 rings (SSSR count). The van der Waals surface area contributed by atoms with Gasteiger partial charge in [0.25, 0.3) is 5.91 Å². The van der Waals surface area contributed by atoms with Gasteiger partial charge in [-0.3, -0.25) is 4.79 Å². The first-order valence-corrected chi connectivity index (χ1v) is 7.80. The van der Waals surface area contributed by atoms with Crippen molar-refractivity contribution in [3.05, 3.63) is 71.8 Å². The van der Waals surface area contributed by atoms with Gasteiger partial charge in [0.05, 0.1) is 0 Å². The number of carbonyl (C=O) groups excluding carboxylic acids is 1. The molecule has 0 unspecified atom stereocenters. The minimum atomic E-state index is -1.77. The second kappa shape index (κ2) is 6.34. The third-order valence-electron chi connectivity index (χ3n) is 4.21. The highest BCUT2D eigenvalue weighted by Crippen LogP contribution is 2.31. The van der Waals surface area contributed by atoms with Crippen LogP contribution in [0, 0.1) is 5.92 Å². The maximum absolute atomic E-state index is 12.7. The third-order valence-corrected chi connectivity index (χ3v) is 4.21. The van der Waals surface area contributed by atoms with Gasteiger partial charge < -0.3 is 5.11 Å². The largest absolute Gasteiger partial charge is 0.372 e. The van der Waals surface area contributed by atoms with Gasteiger partial charge in [0.2, 0.25) is 0 Å². The van der Waals surface area contributed by atoms with Gasteiger partial charge in [0.1, 0.15) is 0 Å². The summed E-state index contributed by atoms with van der Waals surface area (Å²) in [6, 6.07) is 17.9.